The van der Waals surface area contributed by atoms with Crippen LogP contribution in [-0.2, 0) is 13.2 Å². The van der Waals surface area contributed by atoms with Gasteiger partial charge < -0.3 is 9.30 Å². The molecule has 4 nitrogen and oxygen atoms in total. The lowest BCUT2D eigenvalue weighted by molar-refractivity contribution is 0.292. The van der Waals surface area contributed by atoms with E-state index < -0.39 is 0 Å². The van der Waals surface area contributed by atoms with E-state index >= 15 is 0 Å². The third-order valence-electron chi connectivity index (χ3n) is 4.18. The number of ether oxygens (including phenoxy) is 1. The Kier molecular flexibility index (Phi) is 4.33. The van der Waals surface area contributed by atoms with Gasteiger partial charge in [-0.05, 0) is 30.9 Å². The monoisotopic (exact) mass is 309 g/mol. The molecule has 0 unspecified atom stereocenters. The van der Waals surface area contributed by atoms with Crippen LogP contribution in [-0.4, -0.2) is 14.8 Å². The first-order chi connectivity index (χ1) is 11.1. The predicted molar refractivity (Wildman–Crippen MR) is 92.6 cm³/mol. The lowest BCUT2D eigenvalue weighted by Crippen LogP contribution is -2.08. The summed E-state index contributed by atoms with van der Waals surface area (Å²) in [5, 5.41) is 9.51. The molecule has 0 spiro atoms. The lowest BCUT2D eigenvalue weighted by atomic mass is 10.2. The molecule has 0 aliphatic carbocycles. The van der Waals surface area contributed by atoms with Crippen LogP contribution in [0.2, 0.25) is 0 Å². The summed E-state index contributed by atoms with van der Waals surface area (Å²) < 4.78 is 8.31. The standard InChI is InChI=1S/C19H23N3O/c1-13(2)11-22-15(4)14(3)17-10-20-21-19(18(17)22)23-12-16-8-6-5-7-9-16/h5-10,13H,11-12H2,1-4H3. The minimum absolute atomic E-state index is 0.500. The van der Waals surface area contributed by atoms with Crippen LogP contribution < -0.4 is 4.74 Å². The summed E-state index contributed by atoms with van der Waals surface area (Å²) in [6.07, 6.45) is 1.84. The molecule has 3 rings (SSSR count). The highest BCUT2D eigenvalue weighted by Crippen LogP contribution is 2.31. The first-order valence-electron chi connectivity index (χ1n) is 8.05. The summed E-state index contributed by atoms with van der Waals surface area (Å²) in [5.41, 5.74) is 4.69. The molecule has 2 heterocycles. The molecule has 3 aromatic rings. The molecular weight excluding hydrogens is 286 g/mol. The fourth-order valence-corrected chi connectivity index (χ4v) is 2.88. The second-order valence-electron chi connectivity index (χ2n) is 6.40. The number of nitrogens with zero attached hydrogens (tertiary/aromatic N) is 3. The average molecular weight is 309 g/mol. The summed E-state index contributed by atoms with van der Waals surface area (Å²) in [5.74, 6) is 1.17. The van der Waals surface area contributed by atoms with Crippen molar-refractivity contribution in [3.05, 3.63) is 53.3 Å². The summed E-state index contributed by atoms with van der Waals surface area (Å²) >= 11 is 0. The van der Waals surface area contributed by atoms with Gasteiger partial charge in [-0.2, -0.15) is 5.10 Å². The predicted octanol–water partition coefficient (Wildman–Crippen LogP) is 4.28. The SMILES string of the molecule is Cc1c(C)n(CC(C)C)c2c(OCc3ccccc3)nncc12. The Balaban J connectivity index is 2.01. The molecule has 23 heavy (non-hydrogen) atoms. The Labute approximate surface area is 137 Å². The molecule has 0 N–H and O–H groups in total. The number of fused-ring (bicyclic) bond motifs is 1. The van der Waals surface area contributed by atoms with E-state index in [2.05, 4.69) is 54.6 Å². The Hall–Kier alpha value is -2.36. The summed E-state index contributed by atoms with van der Waals surface area (Å²) in [6.45, 7) is 10.2. The maximum absolute atomic E-state index is 6.00. The van der Waals surface area contributed by atoms with Crippen LogP contribution in [0.25, 0.3) is 10.9 Å². The fourth-order valence-electron chi connectivity index (χ4n) is 2.88. The molecule has 120 valence electrons. The molecule has 0 amide bonds. The Bertz CT molecular complexity index is 806. The van der Waals surface area contributed by atoms with Gasteiger partial charge in [-0.15, -0.1) is 5.10 Å². The van der Waals surface area contributed by atoms with Crippen molar-refractivity contribution in [2.45, 2.75) is 40.8 Å². The van der Waals surface area contributed by atoms with Crippen molar-refractivity contribution < 1.29 is 4.74 Å². The normalized spacial score (nSPS) is 11.3. The minimum atomic E-state index is 0.500. The maximum Gasteiger partial charge on any atom is 0.258 e. The van der Waals surface area contributed by atoms with Gasteiger partial charge in [-0.1, -0.05) is 44.2 Å². The molecule has 0 fully saturated rings. The number of aromatic nitrogens is 3. The second kappa shape index (κ2) is 6.41. The van der Waals surface area contributed by atoms with E-state index in [1.165, 1.54) is 11.3 Å². The first kappa shape index (κ1) is 15.5. The van der Waals surface area contributed by atoms with Crippen LogP contribution in [0.3, 0.4) is 0 Å². The van der Waals surface area contributed by atoms with Crippen molar-refractivity contribution in [2.75, 3.05) is 0 Å². The van der Waals surface area contributed by atoms with E-state index in [4.69, 9.17) is 4.74 Å². The molecule has 0 atom stereocenters. The molecular formula is C19H23N3O. The van der Waals surface area contributed by atoms with E-state index in [1.807, 2.05) is 24.4 Å². The molecule has 4 heteroatoms. The zero-order valence-corrected chi connectivity index (χ0v) is 14.2. The van der Waals surface area contributed by atoms with Gasteiger partial charge in [0.25, 0.3) is 5.88 Å². The van der Waals surface area contributed by atoms with E-state index in [1.54, 1.807) is 0 Å². The highest BCUT2D eigenvalue weighted by atomic mass is 16.5. The third kappa shape index (κ3) is 3.07. The van der Waals surface area contributed by atoms with Crippen molar-refractivity contribution in [1.29, 1.82) is 0 Å². The number of rotatable bonds is 5. The topological polar surface area (TPSA) is 39.9 Å². The number of benzene rings is 1. The average Bonchev–Trinajstić information content (AvgIpc) is 2.79. The zero-order chi connectivity index (χ0) is 16.4. The maximum atomic E-state index is 6.00. The first-order valence-corrected chi connectivity index (χ1v) is 8.05. The highest BCUT2D eigenvalue weighted by molar-refractivity contribution is 5.88. The van der Waals surface area contributed by atoms with Gasteiger partial charge in [0, 0.05) is 17.6 Å². The molecule has 1 aromatic carbocycles. The molecule has 0 saturated carbocycles. The minimum Gasteiger partial charge on any atom is -0.470 e. The van der Waals surface area contributed by atoms with Crippen LogP contribution in [0, 0.1) is 19.8 Å². The molecule has 0 bridgehead atoms. The van der Waals surface area contributed by atoms with E-state index in [0.29, 0.717) is 18.4 Å². The van der Waals surface area contributed by atoms with E-state index in [9.17, 15) is 0 Å². The second-order valence-corrected chi connectivity index (χ2v) is 6.40. The van der Waals surface area contributed by atoms with Gasteiger partial charge in [0.15, 0.2) is 0 Å². The van der Waals surface area contributed by atoms with Crippen molar-refractivity contribution in [3.63, 3.8) is 0 Å². The van der Waals surface area contributed by atoms with Crippen LogP contribution in [0.5, 0.6) is 5.88 Å². The van der Waals surface area contributed by atoms with Gasteiger partial charge in [-0.3, -0.25) is 0 Å². The number of aryl methyl sites for hydroxylation is 1. The Morgan fingerprint density at radius 1 is 1.13 bits per heavy atom. The van der Waals surface area contributed by atoms with E-state index in [0.717, 1.165) is 23.0 Å². The van der Waals surface area contributed by atoms with Crippen molar-refractivity contribution >= 4 is 10.9 Å². The number of hydrogen-bond donors (Lipinski definition) is 0. The quantitative estimate of drug-likeness (QED) is 0.706. The van der Waals surface area contributed by atoms with Crippen molar-refractivity contribution in [2.24, 2.45) is 5.92 Å². The van der Waals surface area contributed by atoms with Crippen LogP contribution in [0.4, 0.5) is 0 Å². The van der Waals surface area contributed by atoms with Gasteiger partial charge in [0.1, 0.15) is 12.1 Å². The third-order valence-corrected chi connectivity index (χ3v) is 4.18. The lowest BCUT2D eigenvalue weighted by Gasteiger charge is -2.13. The van der Waals surface area contributed by atoms with Crippen LogP contribution >= 0.6 is 0 Å². The highest BCUT2D eigenvalue weighted by Gasteiger charge is 2.17. The van der Waals surface area contributed by atoms with Gasteiger partial charge in [-0.25, -0.2) is 0 Å². The van der Waals surface area contributed by atoms with Gasteiger partial charge in [0.2, 0.25) is 0 Å². The van der Waals surface area contributed by atoms with Gasteiger partial charge >= 0.3 is 0 Å². The summed E-state index contributed by atoms with van der Waals surface area (Å²) in [7, 11) is 0. The van der Waals surface area contributed by atoms with Crippen molar-refractivity contribution in [3.8, 4) is 5.88 Å². The van der Waals surface area contributed by atoms with Crippen LogP contribution in [0.1, 0.15) is 30.7 Å². The molecule has 0 aliphatic heterocycles. The van der Waals surface area contributed by atoms with Gasteiger partial charge in [0.05, 0.1) is 6.20 Å². The Morgan fingerprint density at radius 3 is 2.57 bits per heavy atom. The smallest absolute Gasteiger partial charge is 0.258 e. The molecule has 0 aliphatic rings. The van der Waals surface area contributed by atoms with E-state index in [-0.39, 0.29) is 0 Å². The molecule has 2 aromatic heterocycles. The Morgan fingerprint density at radius 2 is 1.87 bits per heavy atom. The van der Waals surface area contributed by atoms with Crippen LogP contribution in [0.15, 0.2) is 36.5 Å². The fraction of sp³-hybridized carbons (Fsp3) is 0.368. The number of hydrogen-bond acceptors (Lipinski definition) is 3. The zero-order valence-electron chi connectivity index (χ0n) is 14.2. The largest absolute Gasteiger partial charge is 0.470 e. The molecule has 0 radical (unpaired) electrons. The molecule has 0 saturated heterocycles. The summed E-state index contributed by atoms with van der Waals surface area (Å²) in [6, 6.07) is 10.1. The van der Waals surface area contributed by atoms with Crippen molar-refractivity contribution in [1.82, 2.24) is 14.8 Å². The summed E-state index contributed by atoms with van der Waals surface area (Å²) in [4.78, 5) is 0.